The molecule has 0 spiro atoms. The number of rotatable bonds is 45. The molecular formula is C58H94O6. The lowest BCUT2D eigenvalue weighted by Crippen LogP contribution is -2.30. The van der Waals surface area contributed by atoms with Crippen molar-refractivity contribution in [3.63, 3.8) is 0 Å². The summed E-state index contributed by atoms with van der Waals surface area (Å²) in [6, 6.07) is 0. The number of hydrogen-bond donors (Lipinski definition) is 0. The molecule has 0 fully saturated rings. The lowest BCUT2D eigenvalue weighted by Gasteiger charge is -2.18. The van der Waals surface area contributed by atoms with E-state index in [4.69, 9.17) is 14.2 Å². The predicted octanol–water partition coefficient (Wildman–Crippen LogP) is 17.1. The van der Waals surface area contributed by atoms with Crippen molar-refractivity contribution in [3.05, 3.63) is 109 Å². The van der Waals surface area contributed by atoms with E-state index in [1.165, 1.54) is 57.8 Å². The van der Waals surface area contributed by atoms with E-state index in [1.54, 1.807) is 0 Å². The highest BCUT2D eigenvalue weighted by Crippen LogP contribution is 2.13. The van der Waals surface area contributed by atoms with Gasteiger partial charge in [-0.15, -0.1) is 0 Å². The van der Waals surface area contributed by atoms with Gasteiger partial charge >= 0.3 is 17.9 Å². The maximum atomic E-state index is 12.8. The predicted molar refractivity (Wildman–Crippen MR) is 274 cm³/mol. The van der Waals surface area contributed by atoms with Crippen LogP contribution in [0.2, 0.25) is 0 Å². The lowest BCUT2D eigenvalue weighted by molar-refractivity contribution is -0.167. The molecule has 362 valence electrons. The van der Waals surface area contributed by atoms with Crippen LogP contribution in [0.1, 0.15) is 220 Å². The second-order valence-corrected chi connectivity index (χ2v) is 16.7. The fourth-order valence-corrected chi connectivity index (χ4v) is 6.66. The first-order valence-electron chi connectivity index (χ1n) is 25.9. The quantitative estimate of drug-likeness (QED) is 0.0199. The van der Waals surface area contributed by atoms with Crippen LogP contribution in [0.3, 0.4) is 0 Å². The SMILES string of the molecule is CC/C=C\C/C=C\C/C=C\C/C=C\CCCCCC(=O)OC(COC(=O)CCCCC/C=C\C=C/CCCC)COC(=O)CCCCCCCCCCC/C=C\C/C=C\C/C=C\CC. The van der Waals surface area contributed by atoms with Gasteiger partial charge in [0.1, 0.15) is 13.2 Å². The highest BCUT2D eigenvalue weighted by Gasteiger charge is 2.19. The Kier molecular flexibility index (Phi) is 48.5. The molecule has 0 radical (unpaired) electrons. The normalized spacial score (nSPS) is 13.0. The zero-order chi connectivity index (χ0) is 46.5. The van der Waals surface area contributed by atoms with Gasteiger partial charge in [0.15, 0.2) is 6.10 Å². The van der Waals surface area contributed by atoms with Crippen molar-refractivity contribution in [3.8, 4) is 0 Å². The van der Waals surface area contributed by atoms with Gasteiger partial charge in [-0.3, -0.25) is 14.4 Å². The van der Waals surface area contributed by atoms with Gasteiger partial charge in [-0.25, -0.2) is 0 Å². The zero-order valence-electron chi connectivity index (χ0n) is 41.3. The minimum absolute atomic E-state index is 0.104. The average Bonchev–Trinajstić information content (AvgIpc) is 3.29. The van der Waals surface area contributed by atoms with Crippen LogP contribution in [-0.4, -0.2) is 37.2 Å². The molecule has 0 aromatic heterocycles. The van der Waals surface area contributed by atoms with E-state index >= 15 is 0 Å². The minimum Gasteiger partial charge on any atom is -0.462 e. The van der Waals surface area contributed by atoms with Gasteiger partial charge in [0.05, 0.1) is 0 Å². The van der Waals surface area contributed by atoms with Crippen molar-refractivity contribution < 1.29 is 28.6 Å². The average molecular weight is 887 g/mol. The summed E-state index contributed by atoms with van der Waals surface area (Å²) >= 11 is 0. The van der Waals surface area contributed by atoms with Crippen molar-refractivity contribution in [2.45, 2.75) is 226 Å². The maximum absolute atomic E-state index is 12.8. The van der Waals surface area contributed by atoms with E-state index in [9.17, 15) is 14.4 Å². The first-order valence-corrected chi connectivity index (χ1v) is 25.9. The Labute approximate surface area is 393 Å². The molecule has 64 heavy (non-hydrogen) atoms. The Morgan fingerprint density at radius 1 is 0.344 bits per heavy atom. The molecule has 0 N–H and O–H groups in total. The van der Waals surface area contributed by atoms with Gasteiger partial charge in [0, 0.05) is 19.3 Å². The molecule has 0 saturated heterocycles. The number of carbonyl (C=O) groups is 3. The van der Waals surface area contributed by atoms with Gasteiger partial charge in [-0.05, 0) is 109 Å². The van der Waals surface area contributed by atoms with Crippen LogP contribution in [0, 0.1) is 0 Å². The van der Waals surface area contributed by atoms with Crippen molar-refractivity contribution in [1.29, 1.82) is 0 Å². The van der Waals surface area contributed by atoms with E-state index in [2.05, 4.69) is 130 Å². The molecule has 6 nitrogen and oxygen atoms in total. The fourth-order valence-electron chi connectivity index (χ4n) is 6.66. The monoisotopic (exact) mass is 887 g/mol. The molecule has 0 rings (SSSR count). The second-order valence-electron chi connectivity index (χ2n) is 16.7. The molecule has 1 atom stereocenters. The molecule has 0 aromatic carbocycles. The van der Waals surface area contributed by atoms with E-state index in [-0.39, 0.29) is 37.5 Å². The van der Waals surface area contributed by atoms with Crippen LogP contribution in [0.15, 0.2) is 109 Å². The van der Waals surface area contributed by atoms with Crippen LogP contribution in [-0.2, 0) is 28.6 Å². The smallest absolute Gasteiger partial charge is 0.306 e. The molecule has 0 aliphatic heterocycles. The summed E-state index contributed by atoms with van der Waals surface area (Å²) in [7, 11) is 0. The summed E-state index contributed by atoms with van der Waals surface area (Å²) in [5.74, 6) is -0.976. The molecule has 0 saturated carbocycles. The summed E-state index contributed by atoms with van der Waals surface area (Å²) in [6.45, 7) is 6.29. The van der Waals surface area contributed by atoms with Crippen molar-refractivity contribution in [2.75, 3.05) is 13.2 Å². The fraction of sp³-hybridized carbons (Fsp3) is 0.638. The lowest BCUT2D eigenvalue weighted by atomic mass is 10.1. The Bertz CT molecular complexity index is 1340. The third-order valence-electron chi connectivity index (χ3n) is 10.5. The largest absolute Gasteiger partial charge is 0.462 e. The van der Waals surface area contributed by atoms with Crippen molar-refractivity contribution >= 4 is 17.9 Å². The molecule has 0 bridgehead atoms. The highest BCUT2D eigenvalue weighted by molar-refractivity contribution is 5.71. The highest BCUT2D eigenvalue weighted by atomic mass is 16.6. The molecular weight excluding hydrogens is 793 g/mol. The molecule has 0 heterocycles. The first-order chi connectivity index (χ1) is 31.5. The third-order valence-corrected chi connectivity index (χ3v) is 10.5. The Morgan fingerprint density at radius 2 is 0.656 bits per heavy atom. The molecule has 0 aliphatic carbocycles. The number of allylic oxidation sites excluding steroid dienone is 18. The Morgan fingerprint density at radius 3 is 1.06 bits per heavy atom. The van der Waals surface area contributed by atoms with E-state index < -0.39 is 6.10 Å². The number of unbranched alkanes of at least 4 members (excludes halogenated alkanes) is 17. The van der Waals surface area contributed by atoms with Gasteiger partial charge in [-0.1, -0.05) is 201 Å². The molecule has 6 heteroatoms. The summed E-state index contributed by atoms with van der Waals surface area (Å²) in [5.41, 5.74) is 0. The molecule has 0 amide bonds. The van der Waals surface area contributed by atoms with Gasteiger partial charge in [0.25, 0.3) is 0 Å². The minimum atomic E-state index is -0.809. The van der Waals surface area contributed by atoms with Crippen molar-refractivity contribution in [1.82, 2.24) is 0 Å². The third kappa shape index (κ3) is 49.1. The maximum Gasteiger partial charge on any atom is 0.306 e. The van der Waals surface area contributed by atoms with E-state index in [0.717, 1.165) is 122 Å². The van der Waals surface area contributed by atoms with E-state index in [0.29, 0.717) is 12.8 Å². The first kappa shape index (κ1) is 60.1. The molecule has 0 aromatic rings. The van der Waals surface area contributed by atoms with Crippen LogP contribution < -0.4 is 0 Å². The van der Waals surface area contributed by atoms with Crippen LogP contribution >= 0.6 is 0 Å². The van der Waals surface area contributed by atoms with Crippen molar-refractivity contribution in [2.24, 2.45) is 0 Å². The number of hydrogen-bond acceptors (Lipinski definition) is 6. The topological polar surface area (TPSA) is 78.9 Å². The van der Waals surface area contributed by atoms with Crippen LogP contribution in [0.4, 0.5) is 0 Å². The second kappa shape index (κ2) is 51.7. The summed E-state index contributed by atoms with van der Waals surface area (Å²) < 4.78 is 16.7. The molecule has 1 unspecified atom stereocenters. The number of esters is 3. The van der Waals surface area contributed by atoms with Gasteiger partial charge in [0.2, 0.25) is 0 Å². The zero-order valence-corrected chi connectivity index (χ0v) is 41.3. The summed E-state index contributed by atoms with van der Waals surface area (Å²) in [6.07, 6.45) is 69.3. The standard InChI is InChI=1S/C58H94O6/c1-4-7-10-13-16-19-22-24-26-28-29-30-32-33-36-39-42-45-48-51-57(60)63-54-55(53-62-56(59)50-47-44-41-38-35-21-18-15-12-9-6-3)64-58(61)52-49-46-43-40-37-34-31-27-25-23-20-17-14-11-8-5-2/h7-8,10-11,15-21,24-27,34-35,37,55H,4-6,9,12-14,22-23,28-33,36,38-54H2,1-3H3/b10-7-,11-8-,18-15-,19-16-,20-17-,26-24-,27-25-,35-21-,37-34-. The Hall–Kier alpha value is -3.93. The number of ether oxygens (including phenoxy) is 3. The summed E-state index contributed by atoms with van der Waals surface area (Å²) in [5, 5.41) is 0. The summed E-state index contributed by atoms with van der Waals surface area (Å²) in [4.78, 5) is 38.0. The van der Waals surface area contributed by atoms with E-state index in [1.807, 2.05) is 0 Å². The van der Waals surface area contributed by atoms with Crippen LogP contribution in [0.25, 0.3) is 0 Å². The Balaban J connectivity index is 4.44. The van der Waals surface area contributed by atoms with Crippen LogP contribution in [0.5, 0.6) is 0 Å². The van der Waals surface area contributed by atoms with Gasteiger partial charge in [-0.2, -0.15) is 0 Å². The number of carbonyl (C=O) groups excluding carboxylic acids is 3. The van der Waals surface area contributed by atoms with Gasteiger partial charge < -0.3 is 14.2 Å². The molecule has 0 aliphatic rings.